The van der Waals surface area contributed by atoms with Crippen LogP contribution < -0.4 is 5.32 Å². The molecule has 3 aromatic rings. The summed E-state index contributed by atoms with van der Waals surface area (Å²) < 4.78 is 14.3. The molecule has 1 aliphatic rings. The van der Waals surface area contributed by atoms with Crippen LogP contribution in [-0.2, 0) is 0 Å². The first-order valence-electron chi connectivity index (χ1n) is 7.19. The molecule has 2 aromatic carbocycles. The molecule has 0 aliphatic carbocycles. The molecule has 5 heteroatoms. The first kappa shape index (κ1) is 14.0. The molecule has 0 atom stereocenters. The number of hydrogen-bond donors (Lipinski definition) is 2. The van der Waals surface area contributed by atoms with Crippen LogP contribution in [0.4, 0.5) is 10.1 Å². The van der Waals surface area contributed by atoms with E-state index in [1.165, 1.54) is 6.07 Å². The molecule has 0 spiro atoms. The van der Waals surface area contributed by atoms with Crippen molar-refractivity contribution in [2.45, 2.75) is 0 Å². The molecule has 0 amide bonds. The monoisotopic (exact) mass is 325 g/mol. The number of aromatic nitrogens is 1. The van der Waals surface area contributed by atoms with Crippen LogP contribution in [0.25, 0.3) is 10.9 Å². The fourth-order valence-corrected chi connectivity index (χ4v) is 2.99. The Hall–Kier alpha value is -2.59. The summed E-state index contributed by atoms with van der Waals surface area (Å²) in [5, 5.41) is 4.84. The number of nitrogens with zero attached hydrogens (tertiary/aromatic N) is 1. The molecule has 0 bridgehead atoms. The smallest absolute Gasteiger partial charge is 0.132 e. The molecule has 23 heavy (non-hydrogen) atoms. The van der Waals surface area contributed by atoms with E-state index in [-0.39, 0.29) is 5.82 Å². The SMILES string of the molecule is C=C1CN=C(c2ccccc2F)c2[nH]c3ccc(Cl)cc3c2N1. The Morgan fingerprint density at radius 1 is 1.17 bits per heavy atom. The quantitative estimate of drug-likeness (QED) is 0.666. The predicted molar refractivity (Wildman–Crippen MR) is 93.0 cm³/mol. The van der Waals surface area contributed by atoms with Crippen molar-refractivity contribution in [2.24, 2.45) is 4.99 Å². The molecule has 0 unspecified atom stereocenters. The van der Waals surface area contributed by atoms with Crippen molar-refractivity contribution >= 4 is 33.9 Å². The Labute approximate surface area is 137 Å². The van der Waals surface area contributed by atoms with Crippen LogP contribution in [0, 0.1) is 5.82 Å². The molecular formula is C18H13ClFN3. The van der Waals surface area contributed by atoms with Crippen LogP contribution in [0.15, 0.2) is 59.7 Å². The summed E-state index contributed by atoms with van der Waals surface area (Å²) in [6.45, 7) is 4.36. The standard InChI is InChI=1S/C18H13ClFN3/c1-10-9-21-16(12-4-2-3-5-14(12)20)18-17(22-10)13-8-11(19)6-7-15(13)23-18/h2-8,22-23H,1,9H2. The second-order valence-electron chi connectivity index (χ2n) is 5.44. The molecule has 0 saturated heterocycles. The van der Waals surface area contributed by atoms with Crippen molar-refractivity contribution in [1.82, 2.24) is 4.98 Å². The number of nitrogens with one attached hydrogen (secondary N) is 2. The molecule has 2 heterocycles. The van der Waals surface area contributed by atoms with Crippen LogP contribution >= 0.6 is 11.6 Å². The van der Waals surface area contributed by atoms with Gasteiger partial charge in [0, 0.05) is 27.2 Å². The highest BCUT2D eigenvalue weighted by atomic mass is 35.5. The number of hydrogen-bond acceptors (Lipinski definition) is 2. The van der Waals surface area contributed by atoms with Crippen molar-refractivity contribution in [1.29, 1.82) is 0 Å². The second-order valence-corrected chi connectivity index (χ2v) is 5.87. The lowest BCUT2D eigenvalue weighted by Gasteiger charge is -2.07. The maximum Gasteiger partial charge on any atom is 0.132 e. The van der Waals surface area contributed by atoms with E-state index >= 15 is 0 Å². The Balaban J connectivity index is 2.02. The van der Waals surface area contributed by atoms with Crippen LogP contribution in [0.1, 0.15) is 11.3 Å². The molecule has 114 valence electrons. The van der Waals surface area contributed by atoms with E-state index in [0.29, 0.717) is 22.8 Å². The average Bonchev–Trinajstić information content (AvgIpc) is 2.78. The highest BCUT2D eigenvalue weighted by Gasteiger charge is 2.22. The molecule has 3 nitrogen and oxygen atoms in total. The van der Waals surface area contributed by atoms with Crippen LogP contribution in [-0.4, -0.2) is 17.2 Å². The van der Waals surface area contributed by atoms with E-state index in [0.717, 1.165) is 28.0 Å². The van der Waals surface area contributed by atoms with Gasteiger partial charge >= 0.3 is 0 Å². The van der Waals surface area contributed by atoms with Gasteiger partial charge in [-0.1, -0.05) is 30.3 Å². The number of fused-ring (bicyclic) bond motifs is 3. The van der Waals surface area contributed by atoms with Gasteiger partial charge < -0.3 is 10.3 Å². The Morgan fingerprint density at radius 2 is 2.00 bits per heavy atom. The maximum absolute atomic E-state index is 14.3. The third-order valence-electron chi connectivity index (χ3n) is 3.86. The summed E-state index contributed by atoms with van der Waals surface area (Å²) in [6, 6.07) is 12.2. The number of aromatic amines is 1. The van der Waals surface area contributed by atoms with Crippen molar-refractivity contribution in [3.8, 4) is 0 Å². The van der Waals surface area contributed by atoms with Gasteiger partial charge in [0.1, 0.15) is 5.82 Å². The third-order valence-corrected chi connectivity index (χ3v) is 4.09. The van der Waals surface area contributed by atoms with E-state index in [9.17, 15) is 4.39 Å². The molecular weight excluding hydrogens is 313 g/mol. The first-order valence-corrected chi connectivity index (χ1v) is 7.57. The molecule has 0 radical (unpaired) electrons. The lowest BCUT2D eigenvalue weighted by molar-refractivity contribution is 0.625. The number of anilines is 1. The fraction of sp³-hybridized carbons (Fsp3) is 0.0556. The van der Waals surface area contributed by atoms with Gasteiger partial charge in [-0.15, -0.1) is 0 Å². The minimum Gasteiger partial charge on any atom is -0.356 e. The number of halogens is 2. The molecule has 1 aromatic heterocycles. The normalized spacial score (nSPS) is 14.2. The van der Waals surface area contributed by atoms with Crippen molar-refractivity contribution in [3.63, 3.8) is 0 Å². The van der Waals surface area contributed by atoms with Crippen LogP contribution in [0.5, 0.6) is 0 Å². The van der Waals surface area contributed by atoms with E-state index in [4.69, 9.17) is 11.6 Å². The van der Waals surface area contributed by atoms with Crippen molar-refractivity contribution in [3.05, 3.63) is 76.8 Å². The summed E-state index contributed by atoms with van der Waals surface area (Å²) in [4.78, 5) is 7.86. The number of rotatable bonds is 1. The van der Waals surface area contributed by atoms with E-state index in [1.54, 1.807) is 18.2 Å². The van der Waals surface area contributed by atoms with Gasteiger partial charge in [0.05, 0.1) is 23.6 Å². The zero-order chi connectivity index (χ0) is 16.0. The van der Waals surface area contributed by atoms with Gasteiger partial charge in [-0.05, 0) is 30.3 Å². The van der Waals surface area contributed by atoms with Crippen molar-refractivity contribution < 1.29 is 4.39 Å². The topological polar surface area (TPSA) is 40.2 Å². The van der Waals surface area contributed by atoms with Gasteiger partial charge in [0.2, 0.25) is 0 Å². The predicted octanol–water partition coefficient (Wildman–Crippen LogP) is 4.74. The summed E-state index contributed by atoms with van der Waals surface area (Å²) in [5.74, 6) is -0.304. The van der Waals surface area contributed by atoms with Gasteiger partial charge in [0.25, 0.3) is 0 Å². The molecule has 4 rings (SSSR count). The number of benzene rings is 2. The highest BCUT2D eigenvalue weighted by molar-refractivity contribution is 6.31. The van der Waals surface area contributed by atoms with Gasteiger partial charge in [-0.2, -0.15) is 0 Å². The van der Waals surface area contributed by atoms with Crippen LogP contribution in [0.2, 0.25) is 5.02 Å². The summed E-state index contributed by atoms with van der Waals surface area (Å²) >= 11 is 6.12. The molecule has 0 fully saturated rings. The second kappa shape index (κ2) is 5.25. The third kappa shape index (κ3) is 2.32. The summed E-state index contributed by atoms with van der Waals surface area (Å²) in [7, 11) is 0. The lowest BCUT2D eigenvalue weighted by Crippen LogP contribution is -2.07. The van der Waals surface area contributed by atoms with Gasteiger partial charge in [-0.3, -0.25) is 4.99 Å². The lowest BCUT2D eigenvalue weighted by atomic mass is 10.1. The summed E-state index contributed by atoms with van der Waals surface area (Å²) in [6.07, 6.45) is 0. The zero-order valence-corrected chi connectivity index (χ0v) is 12.9. The zero-order valence-electron chi connectivity index (χ0n) is 12.2. The summed E-state index contributed by atoms with van der Waals surface area (Å²) in [5.41, 5.74) is 4.27. The largest absolute Gasteiger partial charge is 0.356 e. The Bertz CT molecular complexity index is 972. The van der Waals surface area contributed by atoms with E-state index < -0.39 is 0 Å². The minimum atomic E-state index is -0.304. The number of H-pyrrole nitrogens is 1. The van der Waals surface area contributed by atoms with Crippen molar-refractivity contribution in [2.75, 3.05) is 11.9 Å². The fourth-order valence-electron chi connectivity index (χ4n) is 2.81. The highest BCUT2D eigenvalue weighted by Crippen LogP contribution is 2.34. The van der Waals surface area contributed by atoms with E-state index in [1.807, 2.05) is 18.2 Å². The minimum absolute atomic E-state index is 0.304. The first-order chi connectivity index (χ1) is 11.1. The molecule has 1 aliphatic heterocycles. The van der Waals surface area contributed by atoms with E-state index in [2.05, 4.69) is 21.9 Å². The molecule has 2 N–H and O–H groups in total. The Kier molecular flexibility index (Phi) is 3.20. The molecule has 0 saturated carbocycles. The maximum atomic E-state index is 14.3. The Morgan fingerprint density at radius 3 is 2.83 bits per heavy atom. The van der Waals surface area contributed by atoms with Gasteiger partial charge in [-0.25, -0.2) is 4.39 Å². The number of aliphatic imine (C=N–C) groups is 1. The average molecular weight is 326 g/mol. The van der Waals surface area contributed by atoms with Crippen LogP contribution in [0.3, 0.4) is 0 Å². The van der Waals surface area contributed by atoms with Gasteiger partial charge in [0.15, 0.2) is 0 Å².